The summed E-state index contributed by atoms with van der Waals surface area (Å²) in [5, 5.41) is 4.11. The molecule has 5 heteroatoms. The van der Waals surface area contributed by atoms with E-state index in [1.54, 1.807) is 17.8 Å². The summed E-state index contributed by atoms with van der Waals surface area (Å²) in [4.78, 5) is 4.66. The minimum absolute atomic E-state index is 0.297. The maximum atomic E-state index is 13.8. The molecule has 3 rings (SSSR count). The first-order valence-corrected chi connectivity index (χ1v) is 8.56. The SMILES string of the molecule is CCOc1ccc(NC2=NCC3(CCCC3)CS2)cc1F. The van der Waals surface area contributed by atoms with Crippen molar-refractivity contribution in [2.45, 2.75) is 32.6 Å². The molecule has 21 heavy (non-hydrogen) atoms. The number of nitrogens with zero attached hydrogens (tertiary/aromatic N) is 1. The molecule has 3 nitrogen and oxygen atoms in total. The number of hydrogen-bond donors (Lipinski definition) is 1. The molecule has 1 spiro atoms. The maximum absolute atomic E-state index is 13.8. The second-order valence-corrected chi connectivity index (χ2v) is 6.78. The molecule has 1 aromatic rings. The monoisotopic (exact) mass is 308 g/mol. The topological polar surface area (TPSA) is 33.6 Å². The lowest BCUT2D eigenvalue weighted by atomic mass is 9.89. The van der Waals surface area contributed by atoms with Gasteiger partial charge in [0.25, 0.3) is 0 Å². The second kappa shape index (κ2) is 6.26. The Morgan fingerprint density at radius 1 is 1.38 bits per heavy atom. The van der Waals surface area contributed by atoms with Crippen molar-refractivity contribution in [3.8, 4) is 5.75 Å². The quantitative estimate of drug-likeness (QED) is 0.904. The van der Waals surface area contributed by atoms with Gasteiger partial charge in [-0.25, -0.2) is 4.39 Å². The lowest BCUT2D eigenvalue weighted by Gasteiger charge is -2.31. The number of nitrogens with one attached hydrogen (secondary N) is 1. The number of halogens is 1. The third-order valence-electron chi connectivity index (χ3n) is 4.22. The van der Waals surface area contributed by atoms with Crippen LogP contribution in [-0.2, 0) is 0 Å². The molecule has 1 aromatic carbocycles. The molecule has 0 amide bonds. The van der Waals surface area contributed by atoms with Crippen LogP contribution < -0.4 is 10.1 Å². The Bertz CT molecular complexity index is 541. The van der Waals surface area contributed by atoms with E-state index in [1.165, 1.54) is 31.7 Å². The van der Waals surface area contributed by atoms with Gasteiger partial charge in [0.05, 0.1) is 6.61 Å². The first kappa shape index (κ1) is 14.7. The average molecular weight is 308 g/mol. The van der Waals surface area contributed by atoms with Crippen molar-refractivity contribution in [1.29, 1.82) is 0 Å². The number of rotatable bonds is 3. The van der Waals surface area contributed by atoms with Gasteiger partial charge in [-0.15, -0.1) is 0 Å². The number of amidine groups is 1. The van der Waals surface area contributed by atoms with Gasteiger partial charge >= 0.3 is 0 Å². The molecule has 0 aromatic heterocycles. The molecular formula is C16H21FN2OS. The van der Waals surface area contributed by atoms with Crippen LogP contribution in [0, 0.1) is 11.2 Å². The first-order chi connectivity index (χ1) is 10.2. The van der Waals surface area contributed by atoms with Crippen LogP contribution in [-0.4, -0.2) is 24.1 Å². The minimum atomic E-state index is -0.337. The third kappa shape index (κ3) is 3.34. The van der Waals surface area contributed by atoms with Crippen LogP contribution in [0.5, 0.6) is 5.75 Å². The molecule has 1 heterocycles. The molecule has 114 valence electrons. The van der Waals surface area contributed by atoms with Crippen LogP contribution in [0.25, 0.3) is 0 Å². The molecule has 0 unspecified atom stereocenters. The lowest BCUT2D eigenvalue weighted by molar-refractivity contribution is 0.321. The molecule has 1 aliphatic carbocycles. The zero-order valence-electron chi connectivity index (χ0n) is 12.3. The molecule has 0 bridgehead atoms. The Morgan fingerprint density at radius 3 is 2.81 bits per heavy atom. The highest BCUT2D eigenvalue weighted by atomic mass is 32.2. The van der Waals surface area contributed by atoms with Crippen LogP contribution in [0.4, 0.5) is 10.1 Å². The van der Waals surface area contributed by atoms with Crippen molar-refractivity contribution >= 4 is 22.6 Å². The average Bonchev–Trinajstić information content (AvgIpc) is 2.93. The normalized spacial score (nSPS) is 20.4. The summed E-state index contributed by atoms with van der Waals surface area (Å²) in [5.41, 5.74) is 1.16. The van der Waals surface area contributed by atoms with Gasteiger partial charge in [0, 0.05) is 24.1 Å². The second-order valence-electron chi connectivity index (χ2n) is 5.82. The van der Waals surface area contributed by atoms with Gasteiger partial charge in [-0.3, -0.25) is 4.99 Å². The molecule has 0 saturated heterocycles. The number of thioether (sulfide) groups is 1. The highest BCUT2D eigenvalue weighted by Gasteiger charge is 2.36. The molecule has 1 N–H and O–H groups in total. The van der Waals surface area contributed by atoms with Gasteiger partial charge < -0.3 is 10.1 Å². The third-order valence-corrected chi connectivity index (χ3v) is 5.48. The summed E-state index contributed by atoms with van der Waals surface area (Å²) in [6.45, 7) is 3.22. The summed E-state index contributed by atoms with van der Waals surface area (Å²) in [7, 11) is 0. The van der Waals surface area contributed by atoms with Gasteiger partial charge in [-0.05, 0) is 37.3 Å². The molecule has 0 radical (unpaired) electrons. The van der Waals surface area contributed by atoms with E-state index in [0.717, 1.165) is 23.2 Å². The van der Waals surface area contributed by atoms with Crippen LogP contribution in [0.15, 0.2) is 23.2 Å². The van der Waals surface area contributed by atoms with Gasteiger partial charge in [-0.1, -0.05) is 24.6 Å². The Morgan fingerprint density at radius 2 is 2.19 bits per heavy atom. The lowest BCUT2D eigenvalue weighted by Crippen LogP contribution is -2.30. The largest absolute Gasteiger partial charge is 0.491 e. The predicted octanol–water partition coefficient (Wildman–Crippen LogP) is 4.30. The predicted molar refractivity (Wildman–Crippen MR) is 86.9 cm³/mol. The summed E-state index contributed by atoms with van der Waals surface area (Å²) in [6.07, 6.45) is 5.27. The van der Waals surface area contributed by atoms with Crippen molar-refractivity contribution in [3.63, 3.8) is 0 Å². The highest BCUT2D eigenvalue weighted by molar-refractivity contribution is 8.14. The van der Waals surface area contributed by atoms with E-state index in [9.17, 15) is 4.39 Å². The van der Waals surface area contributed by atoms with Crippen molar-refractivity contribution in [1.82, 2.24) is 0 Å². The smallest absolute Gasteiger partial charge is 0.167 e. The number of ether oxygens (including phenoxy) is 1. The van der Waals surface area contributed by atoms with Crippen LogP contribution >= 0.6 is 11.8 Å². The Labute approximate surface area is 129 Å². The molecule has 1 aliphatic heterocycles. The van der Waals surface area contributed by atoms with E-state index in [4.69, 9.17) is 4.74 Å². The van der Waals surface area contributed by atoms with Crippen LogP contribution in [0.3, 0.4) is 0 Å². The molecular weight excluding hydrogens is 287 g/mol. The maximum Gasteiger partial charge on any atom is 0.167 e. The minimum Gasteiger partial charge on any atom is -0.491 e. The number of benzene rings is 1. The van der Waals surface area contributed by atoms with E-state index >= 15 is 0 Å². The summed E-state index contributed by atoms with van der Waals surface area (Å²) < 4.78 is 19.0. The standard InChI is InChI=1S/C16H21FN2OS/c1-2-20-14-6-5-12(9-13(14)17)19-15-18-10-16(11-21-15)7-3-4-8-16/h5-6,9H,2-4,7-8,10-11H2,1H3,(H,18,19). The number of anilines is 1. The fraction of sp³-hybridized carbons (Fsp3) is 0.562. The van der Waals surface area contributed by atoms with Gasteiger partial charge in [0.1, 0.15) is 0 Å². The Hall–Kier alpha value is -1.23. The Kier molecular flexibility index (Phi) is 4.38. The van der Waals surface area contributed by atoms with Crippen molar-refractivity contribution in [2.75, 3.05) is 24.2 Å². The van der Waals surface area contributed by atoms with Gasteiger partial charge in [0.2, 0.25) is 0 Å². The number of hydrogen-bond acceptors (Lipinski definition) is 4. The molecule has 1 fully saturated rings. The Balaban J connectivity index is 1.64. The van der Waals surface area contributed by atoms with E-state index in [-0.39, 0.29) is 5.82 Å². The summed E-state index contributed by atoms with van der Waals surface area (Å²) in [5.74, 6) is 1.08. The fourth-order valence-corrected chi connectivity index (χ4v) is 4.20. The van der Waals surface area contributed by atoms with Crippen molar-refractivity contribution in [2.24, 2.45) is 10.4 Å². The fourth-order valence-electron chi connectivity index (χ4n) is 3.03. The highest BCUT2D eigenvalue weighted by Crippen LogP contribution is 2.43. The zero-order chi connectivity index (χ0) is 14.7. The van der Waals surface area contributed by atoms with Crippen molar-refractivity contribution in [3.05, 3.63) is 24.0 Å². The summed E-state index contributed by atoms with van der Waals surface area (Å²) in [6, 6.07) is 4.96. The van der Waals surface area contributed by atoms with Gasteiger partial charge in [-0.2, -0.15) is 0 Å². The van der Waals surface area contributed by atoms with E-state index in [1.807, 2.05) is 13.0 Å². The zero-order valence-corrected chi connectivity index (χ0v) is 13.1. The van der Waals surface area contributed by atoms with Crippen molar-refractivity contribution < 1.29 is 9.13 Å². The molecule has 1 saturated carbocycles. The van der Waals surface area contributed by atoms with E-state index in [0.29, 0.717) is 17.8 Å². The van der Waals surface area contributed by atoms with Gasteiger partial charge in [0.15, 0.2) is 16.7 Å². The van der Waals surface area contributed by atoms with Crippen LogP contribution in [0.1, 0.15) is 32.6 Å². The number of aliphatic imine (C=N–C) groups is 1. The van der Waals surface area contributed by atoms with Crippen LogP contribution in [0.2, 0.25) is 0 Å². The molecule has 0 atom stereocenters. The van der Waals surface area contributed by atoms with E-state index in [2.05, 4.69) is 10.3 Å². The summed E-state index contributed by atoms with van der Waals surface area (Å²) >= 11 is 1.76. The van der Waals surface area contributed by atoms with E-state index < -0.39 is 0 Å². The molecule has 2 aliphatic rings. The first-order valence-electron chi connectivity index (χ1n) is 7.57.